The number of hydrogen-bond donors (Lipinski definition) is 1. The first kappa shape index (κ1) is 10.6. The Labute approximate surface area is 95.4 Å². The van der Waals surface area contributed by atoms with Crippen LogP contribution in [0.4, 0.5) is 5.69 Å². The lowest BCUT2D eigenvalue weighted by Gasteiger charge is -2.23. The Morgan fingerprint density at radius 2 is 1.93 bits per heavy atom. The highest BCUT2D eigenvalue weighted by molar-refractivity contribution is 6.30. The molecule has 2 N–H and O–H groups in total. The summed E-state index contributed by atoms with van der Waals surface area (Å²) < 4.78 is 5.86. The molecule has 0 amide bonds. The van der Waals surface area contributed by atoms with Gasteiger partial charge in [-0.1, -0.05) is 18.0 Å². The third kappa shape index (κ3) is 2.78. The molecule has 0 radical (unpaired) electrons. The van der Waals surface area contributed by atoms with Gasteiger partial charge >= 0.3 is 0 Å². The Kier molecular flexibility index (Phi) is 3.37. The molecular formula is C12H16ClNO. The van der Waals surface area contributed by atoms with Crippen molar-refractivity contribution < 1.29 is 4.74 Å². The smallest absolute Gasteiger partial charge is 0.144 e. The highest BCUT2D eigenvalue weighted by Gasteiger charge is 2.15. The normalized spacial score (nSPS) is 17.7. The van der Waals surface area contributed by atoms with Crippen molar-refractivity contribution >= 4 is 17.3 Å². The summed E-state index contributed by atoms with van der Waals surface area (Å²) in [4.78, 5) is 0. The molecule has 1 saturated carbocycles. The van der Waals surface area contributed by atoms with Gasteiger partial charge in [0.05, 0.1) is 11.8 Å². The molecular weight excluding hydrogens is 210 g/mol. The Bertz CT molecular complexity index is 334. The van der Waals surface area contributed by atoms with E-state index in [9.17, 15) is 0 Å². The summed E-state index contributed by atoms with van der Waals surface area (Å²) in [6.07, 6.45) is 6.42. The number of halogens is 1. The monoisotopic (exact) mass is 225 g/mol. The minimum atomic E-state index is 0.319. The lowest BCUT2D eigenvalue weighted by atomic mass is 9.98. The number of ether oxygens (including phenoxy) is 1. The van der Waals surface area contributed by atoms with Gasteiger partial charge in [-0.2, -0.15) is 0 Å². The molecule has 1 aliphatic carbocycles. The number of nitrogen functional groups attached to an aromatic ring is 1. The summed E-state index contributed by atoms with van der Waals surface area (Å²) >= 11 is 5.90. The van der Waals surface area contributed by atoms with Crippen LogP contribution >= 0.6 is 11.6 Å². The average molecular weight is 226 g/mol. The second-order valence-corrected chi connectivity index (χ2v) is 4.50. The zero-order valence-corrected chi connectivity index (χ0v) is 9.46. The Balaban J connectivity index is 2.05. The maximum absolute atomic E-state index is 5.90. The van der Waals surface area contributed by atoms with Crippen LogP contribution in [0.25, 0.3) is 0 Å². The quantitative estimate of drug-likeness (QED) is 0.780. The van der Waals surface area contributed by atoms with E-state index in [1.807, 2.05) is 0 Å². The predicted octanol–water partition coefficient (Wildman–Crippen LogP) is 3.63. The first-order chi connectivity index (χ1) is 7.25. The molecule has 0 atom stereocenters. The molecule has 0 bridgehead atoms. The first-order valence-corrected chi connectivity index (χ1v) is 5.85. The Morgan fingerprint density at radius 1 is 1.20 bits per heavy atom. The van der Waals surface area contributed by atoms with Gasteiger partial charge in [0.1, 0.15) is 5.75 Å². The largest absolute Gasteiger partial charge is 0.488 e. The summed E-state index contributed by atoms with van der Waals surface area (Å²) in [5.41, 5.74) is 6.49. The van der Waals surface area contributed by atoms with E-state index >= 15 is 0 Å². The van der Waals surface area contributed by atoms with E-state index in [1.165, 1.54) is 19.3 Å². The average Bonchev–Trinajstić information content (AvgIpc) is 2.25. The minimum Gasteiger partial charge on any atom is -0.488 e. The molecule has 0 aliphatic heterocycles. The zero-order valence-electron chi connectivity index (χ0n) is 8.71. The van der Waals surface area contributed by atoms with E-state index in [2.05, 4.69) is 0 Å². The summed E-state index contributed by atoms with van der Waals surface area (Å²) in [5.74, 6) is 0.731. The van der Waals surface area contributed by atoms with E-state index < -0.39 is 0 Å². The summed E-state index contributed by atoms with van der Waals surface area (Å²) in [5, 5.41) is 0.676. The summed E-state index contributed by atoms with van der Waals surface area (Å²) in [7, 11) is 0. The highest BCUT2D eigenvalue weighted by Crippen LogP contribution is 2.29. The molecule has 0 saturated heterocycles. The molecule has 82 valence electrons. The fourth-order valence-electron chi connectivity index (χ4n) is 1.97. The van der Waals surface area contributed by atoms with Crippen molar-refractivity contribution in [2.75, 3.05) is 5.73 Å². The molecule has 0 unspecified atom stereocenters. The van der Waals surface area contributed by atoms with Gasteiger partial charge in [-0.3, -0.25) is 0 Å². The molecule has 15 heavy (non-hydrogen) atoms. The van der Waals surface area contributed by atoms with Crippen LogP contribution in [0.1, 0.15) is 32.1 Å². The fraction of sp³-hybridized carbons (Fsp3) is 0.500. The molecule has 1 aliphatic rings. The van der Waals surface area contributed by atoms with Crippen LogP contribution in [-0.2, 0) is 0 Å². The third-order valence-corrected chi connectivity index (χ3v) is 3.06. The lowest BCUT2D eigenvalue weighted by Crippen LogP contribution is -2.20. The summed E-state index contributed by atoms with van der Waals surface area (Å²) in [6.45, 7) is 0. The number of anilines is 1. The van der Waals surface area contributed by atoms with Crippen LogP contribution in [0.15, 0.2) is 18.2 Å². The number of nitrogens with two attached hydrogens (primary N) is 1. The van der Waals surface area contributed by atoms with Crippen molar-refractivity contribution in [2.45, 2.75) is 38.2 Å². The van der Waals surface area contributed by atoms with Crippen LogP contribution in [0.2, 0.25) is 5.02 Å². The molecule has 3 heteroatoms. The van der Waals surface area contributed by atoms with Crippen LogP contribution in [0.5, 0.6) is 5.75 Å². The lowest BCUT2D eigenvalue weighted by molar-refractivity contribution is 0.156. The van der Waals surface area contributed by atoms with Crippen molar-refractivity contribution in [1.82, 2.24) is 0 Å². The molecule has 0 heterocycles. The molecule has 1 aromatic rings. The van der Waals surface area contributed by atoms with Crippen molar-refractivity contribution in [3.05, 3.63) is 23.2 Å². The van der Waals surface area contributed by atoms with E-state index in [0.29, 0.717) is 16.8 Å². The van der Waals surface area contributed by atoms with Crippen molar-refractivity contribution in [3.8, 4) is 5.75 Å². The van der Waals surface area contributed by atoms with Gasteiger partial charge in [0.15, 0.2) is 0 Å². The highest BCUT2D eigenvalue weighted by atomic mass is 35.5. The standard InChI is InChI=1S/C12H16ClNO/c13-9-6-7-11(14)12(8-9)15-10-4-2-1-3-5-10/h6-8,10H,1-5,14H2. The number of hydrogen-bond acceptors (Lipinski definition) is 2. The second-order valence-electron chi connectivity index (χ2n) is 4.06. The minimum absolute atomic E-state index is 0.319. The summed E-state index contributed by atoms with van der Waals surface area (Å²) in [6, 6.07) is 5.37. The van der Waals surface area contributed by atoms with Gasteiger partial charge in [-0.05, 0) is 37.8 Å². The maximum Gasteiger partial charge on any atom is 0.144 e. The first-order valence-electron chi connectivity index (χ1n) is 5.47. The number of benzene rings is 1. The van der Waals surface area contributed by atoms with Gasteiger partial charge in [0.2, 0.25) is 0 Å². The third-order valence-electron chi connectivity index (χ3n) is 2.82. The fourth-order valence-corrected chi connectivity index (χ4v) is 2.13. The van der Waals surface area contributed by atoms with Crippen LogP contribution in [-0.4, -0.2) is 6.10 Å². The molecule has 1 aromatic carbocycles. The molecule has 1 fully saturated rings. The van der Waals surface area contributed by atoms with Crippen LogP contribution < -0.4 is 10.5 Å². The van der Waals surface area contributed by atoms with E-state index in [4.69, 9.17) is 22.1 Å². The van der Waals surface area contributed by atoms with Crippen molar-refractivity contribution in [2.24, 2.45) is 0 Å². The Morgan fingerprint density at radius 3 is 2.67 bits per heavy atom. The van der Waals surface area contributed by atoms with Crippen molar-refractivity contribution in [1.29, 1.82) is 0 Å². The SMILES string of the molecule is Nc1ccc(Cl)cc1OC1CCCCC1. The van der Waals surface area contributed by atoms with Gasteiger partial charge in [-0.15, -0.1) is 0 Å². The van der Waals surface area contributed by atoms with E-state index in [1.54, 1.807) is 18.2 Å². The van der Waals surface area contributed by atoms with Gasteiger partial charge in [-0.25, -0.2) is 0 Å². The van der Waals surface area contributed by atoms with Crippen LogP contribution in [0.3, 0.4) is 0 Å². The molecule has 2 rings (SSSR count). The Hall–Kier alpha value is -0.890. The molecule has 0 aromatic heterocycles. The van der Waals surface area contributed by atoms with E-state index in [-0.39, 0.29) is 0 Å². The second kappa shape index (κ2) is 4.75. The maximum atomic E-state index is 5.90. The van der Waals surface area contributed by atoms with E-state index in [0.717, 1.165) is 18.6 Å². The number of rotatable bonds is 2. The topological polar surface area (TPSA) is 35.2 Å². The van der Waals surface area contributed by atoms with Crippen molar-refractivity contribution in [3.63, 3.8) is 0 Å². The molecule has 0 spiro atoms. The van der Waals surface area contributed by atoms with Crippen LogP contribution in [0, 0.1) is 0 Å². The van der Waals surface area contributed by atoms with Gasteiger partial charge in [0.25, 0.3) is 0 Å². The van der Waals surface area contributed by atoms with Gasteiger partial charge < -0.3 is 10.5 Å². The zero-order chi connectivity index (χ0) is 10.7. The predicted molar refractivity (Wildman–Crippen MR) is 63.4 cm³/mol. The van der Waals surface area contributed by atoms with Gasteiger partial charge in [0, 0.05) is 11.1 Å². The molecule has 2 nitrogen and oxygen atoms in total.